The number of aliphatic carboxylic acids is 1. The largest absolute Gasteiger partial charge is 0.479 e. The summed E-state index contributed by atoms with van der Waals surface area (Å²) in [5, 5.41) is 17.1. The maximum Gasteiger partial charge on any atom is 0.330 e. The van der Waals surface area contributed by atoms with Gasteiger partial charge < -0.3 is 20.5 Å². The molecule has 3 unspecified atom stereocenters. The van der Waals surface area contributed by atoms with Crippen molar-refractivity contribution in [2.24, 2.45) is 5.41 Å². The summed E-state index contributed by atoms with van der Waals surface area (Å²) in [4.78, 5) is 36.9. The molecule has 144 valence electrons. The fourth-order valence-corrected chi connectivity index (χ4v) is 4.25. The molecule has 0 aliphatic heterocycles. The van der Waals surface area contributed by atoms with Crippen molar-refractivity contribution in [3.8, 4) is 0 Å². The molecule has 3 atom stereocenters. The minimum Gasteiger partial charge on any atom is -0.479 e. The number of carbonyl (C=O) groups is 3. The lowest BCUT2D eigenvalue weighted by Crippen LogP contribution is -2.76. The number of carbonyl (C=O) groups excluding carboxylic acids is 2. The van der Waals surface area contributed by atoms with Crippen molar-refractivity contribution in [3.05, 3.63) is 22.4 Å². The van der Waals surface area contributed by atoms with E-state index < -0.39 is 28.9 Å². The van der Waals surface area contributed by atoms with Crippen LogP contribution in [-0.2, 0) is 19.1 Å². The second-order valence-electron chi connectivity index (χ2n) is 7.10. The molecule has 0 aromatic carbocycles. The van der Waals surface area contributed by atoms with Crippen molar-refractivity contribution in [1.29, 1.82) is 0 Å². The van der Waals surface area contributed by atoms with E-state index in [0.717, 1.165) is 4.88 Å². The fraction of sp³-hybridized carbons (Fsp3) is 0.611. The normalized spacial score (nSPS) is 25.0. The third-order valence-corrected chi connectivity index (χ3v) is 6.12. The van der Waals surface area contributed by atoms with Gasteiger partial charge in [-0.15, -0.1) is 11.3 Å². The van der Waals surface area contributed by atoms with Crippen LogP contribution in [0, 0.1) is 5.41 Å². The number of hydrogen-bond acceptors (Lipinski definition) is 5. The number of thiophene rings is 1. The van der Waals surface area contributed by atoms with Crippen LogP contribution in [0.2, 0.25) is 0 Å². The minimum atomic E-state index is -1.37. The fourth-order valence-electron chi connectivity index (χ4n) is 3.47. The number of nitrogens with one attached hydrogen (secondary N) is 2. The second kappa shape index (κ2) is 7.75. The first-order valence-electron chi connectivity index (χ1n) is 8.60. The Hall–Kier alpha value is -1.93. The second-order valence-corrected chi connectivity index (χ2v) is 8.08. The van der Waals surface area contributed by atoms with Gasteiger partial charge in [-0.05, 0) is 18.4 Å². The van der Waals surface area contributed by atoms with E-state index in [4.69, 9.17) is 4.74 Å². The zero-order valence-electron chi connectivity index (χ0n) is 15.5. The molecular weight excluding hydrogens is 356 g/mol. The smallest absolute Gasteiger partial charge is 0.330 e. The molecular formula is C18H26N2O5S. The van der Waals surface area contributed by atoms with Gasteiger partial charge in [-0.1, -0.05) is 19.9 Å². The van der Waals surface area contributed by atoms with Gasteiger partial charge in [-0.2, -0.15) is 0 Å². The highest BCUT2D eigenvalue weighted by Gasteiger charge is 2.66. The van der Waals surface area contributed by atoms with Crippen LogP contribution >= 0.6 is 11.3 Å². The molecule has 3 N–H and O–H groups in total. The lowest BCUT2D eigenvalue weighted by atomic mass is 9.54. The van der Waals surface area contributed by atoms with Gasteiger partial charge in [0, 0.05) is 30.2 Å². The van der Waals surface area contributed by atoms with E-state index in [1.165, 1.54) is 18.3 Å². The average molecular weight is 382 g/mol. The van der Waals surface area contributed by atoms with Crippen LogP contribution in [0.25, 0.3) is 0 Å². The molecule has 2 rings (SSSR count). The van der Waals surface area contributed by atoms with Gasteiger partial charge in [0.05, 0.1) is 18.6 Å². The average Bonchev–Trinajstić information content (AvgIpc) is 3.06. The maximum absolute atomic E-state index is 12.6. The standard InChI is InChI=1S/C18H26N2O5S/c1-5-25-14-10-18(16(23)24,17(14,3)4)20-15(22)9-12(19-11(2)21)13-7-6-8-26-13/h6-8,12,14H,5,9-10H2,1-4H3,(H,19,21)(H,20,22)(H,23,24). The third-order valence-electron chi connectivity index (χ3n) is 5.14. The molecule has 1 fully saturated rings. The van der Waals surface area contributed by atoms with E-state index in [1.54, 1.807) is 13.8 Å². The molecule has 1 heterocycles. The van der Waals surface area contributed by atoms with Gasteiger partial charge in [0.15, 0.2) is 0 Å². The van der Waals surface area contributed by atoms with E-state index in [0.29, 0.717) is 6.61 Å². The first kappa shape index (κ1) is 20.4. The van der Waals surface area contributed by atoms with Crippen LogP contribution in [0.15, 0.2) is 17.5 Å². The maximum atomic E-state index is 12.6. The summed E-state index contributed by atoms with van der Waals surface area (Å²) in [6.45, 7) is 7.31. The Bertz CT molecular complexity index is 673. The zero-order chi connectivity index (χ0) is 19.5. The predicted octanol–water partition coefficient (Wildman–Crippen LogP) is 2.09. The Morgan fingerprint density at radius 3 is 2.58 bits per heavy atom. The Labute approximate surface area is 157 Å². The molecule has 0 saturated heterocycles. The number of carboxylic acids is 1. The van der Waals surface area contributed by atoms with Gasteiger partial charge in [-0.25, -0.2) is 4.79 Å². The van der Waals surface area contributed by atoms with Crippen molar-refractivity contribution in [1.82, 2.24) is 10.6 Å². The zero-order valence-corrected chi connectivity index (χ0v) is 16.3. The molecule has 26 heavy (non-hydrogen) atoms. The predicted molar refractivity (Wildman–Crippen MR) is 97.8 cm³/mol. The Kier molecular flexibility index (Phi) is 6.08. The Balaban J connectivity index is 2.13. The molecule has 1 aliphatic rings. The van der Waals surface area contributed by atoms with E-state index in [2.05, 4.69) is 10.6 Å². The van der Waals surface area contributed by atoms with Crippen molar-refractivity contribution in [2.75, 3.05) is 6.61 Å². The topological polar surface area (TPSA) is 105 Å². The van der Waals surface area contributed by atoms with E-state index in [-0.39, 0.29) is 24.9 Å². The van der Waals surface area contributed by atoms with Gasteiger partial charge in [0.2, 0.25) is 11.8 Å². The molecule has 0 bridgehead atoms. The van der Waals surface area contributed by atoms with Crippen LogP contribution in [0.3, 0.4) is 0 Å². The molecule has 1 aromatic heterocycles. The molecule has 1 aromatic rings. The van der Waals surface area contributed by atoms with Gasteiger partial charge >= 0.3 is 5.97 Å². The van der Waals surface area contributed by atoms with E-state index >= 15 is 0 Å². The molecule has 1 aliphatic carbocycles. The summed E-state index contributed by atoms with van der Waals surface area (Å²) in [6.07, 6.45) is -0.0317. The highest BCUT2D eigenvalue weighted by Crippen LogP contribution is 2.51. The number of carboxylic acid groups (broad SMARTS) is 1. The highest BCUT2D eigenvalue weighted by molar-refractivity contribution is 7.10. The highest BCUT2D eigenvalue weighted by atomic mass is 32.1. The Morgan fingerprint density at radius 1 is 1.42 bits per heavy atom. The lowest BCUT2D eigenvalue weighted by molar-refractivity contribution is -0.194. The molecule has 7 nitrogen and oxygen atoms in total. The summed E-state index contributed by atoms with van der Waals surface area (Å²) in [7, 11) is 0. The first-order chi connectivity index (χ1) is 12.1. The summed E-state index contributed by atoms with van der Waals surface area (Å²) >= 11 is 1.43. The van der Waals surface area contributed by atoms with Crippen LogP contribution < -0.4 is 10.6 Å². The SMILES string of the molecule is CCOC1CC(NC(=O)CC(NC(C)=O)c2cccs2)(C(=O)O)C1(C)C. The van der Waals surface area contributed by atoms with Crippen molar-refractivity contribution >= 4 is 29.1 Å². The van der Waals surface area contributed by atoms with E-state index in [9.17, 15) is 19.5 Å². The van der Waals surface area contributed by atoms with Crippen LogP contribution in [-0.4, -0.2) is 41.1 Å². The van der Waals surface area contributed by atoms with Crippen molar-refractivity contribution < 1.29 is 24.2 Å². The van der Waals surface area contributed by atoms with Crippen LogP contribution in [0.5, 0.6) is 0 Å². The van der Waals surface area contributed by atoms with Crippen LogP contribution in [0.4, 0.5) is 0 Å². The van der Waals surface area contributed by atoms with E-state index in [1.807, 2.05) is 24.4 Å². The molecule has 1 saturated carbocycles. The minimum absolute atomic E-state index is 0.0233. The molecule has 8 heteroatoms. The summed E-state index contributed by atoms with van der Waals surface area (Å²) < 4.78 is 5.60. The van der Waals surface area contributed by atoms with Gasteiger partial charge in [-0.3, -0.25) is 9.59 Å². The summed E-state index contributed by atoms with van der Waals surface area (Å²) in [5.74, 6) is -1.73. The lowest BCUT2D eigenvalue weighted by Gasteiger charge is -2.58. The quantitative estimate of drug-likeness (QED) is 0.639. The number of rotatable bonds is 8. The summed E-state index contributed by atoms with van der Waals surface area (Å²) in [5.41, 5.74) is -2.11. The Morgan fingerprint density at radius 2 is 2.12 bits per heavy atom. The summed E-state index contributed by atoms with van der Waals surface area (Å²) in [6, 6.07) is 3.20. The first-order valence-corrected chi connectivity index (χ1v) is 9.48. The van der Waals surface area contributed by atoms with Crippen molar-refractivity contribution in [2.45, 2.75) is 58.2 Å². The molecule has 2 amide bonds. The number of hydrogen-bond donors (Lipinski definition) is 3. The van der Waals surface area contributed by atoms with Gasteiger partial charge in [0.25, 0.3) is 0 Å². The third kappa shape index (κ3) is 3.76. The number of amides is 2. The number of ether oxygens (including phenoxy) is 1. The molecule has 0 spiro atoms. The van der Waals surface area contributed by atoms with Crippen LogP contribution in [0.1, 0.15) is 51.5 Å². The molecule has 0 radical (unpaired) electrons. The van der Waals surface area contributed by atoms with Gasteiger partial charge in [0.1, 0.15) is 5.54 Å². The van der Waals surface area contributed by atoms with Crippen molar-refractivity contribution in [3.63, 3.8) is 0 Å². The monoisotopic (exact) mass is 382 g/mol.